The third-order valence-corrected chi connectivity index (χ3v) is 0.101. The second kappa shape index (κ2) is 5.11. The second-order valence-electron chi connectivity index (χ2n) is 0.384. The third kappa shape index (κ3) is 8.93. The van der Waals surface area contributed by atoms with E-state index in [2.05, 4.69) is 10.7 Å². The summed E-state index contributed by atoms with van der Waals surface area (Å²) in [6.07, 6.45) is -1.47. The van der Waals surface area contributed by atoms with Gasteiger partial charge in [0.25, 0.3) is 0 Å². The molecule has 0 radical (unpaired) electrons. The van der Waals surface area contributed by atoms with E-state index in [9.17, 15) is 0 Å². The van der Waals surface area contributed by atoms with Crippen LogP contribution in [0.3, 0.4) is 0 Å². The Morgan fingerprint density at radius 3 is 2.00 bits per heavy atom. The minimum atomic E-state index is -1.47. The summed E-state index contributed by atoms with van der Waals surface area (Å²) < 4.78 is 0. The maximum absolute atomic E-state index is 9.02. The Kier molecular flexibility index (Phi) is 8.05. The van der Waals surface area contributed by atoms with E-state index in [-0.39, 0.29) is 26.2 Å². The molecule has 0 aliphatic heterocycles. The SMILES string of the molecule is NOC(=O)O.[Zr]. The first-order valence-electron chi connectivity index (χ1n) is 0.868. The van der Waals surface area contributed by atoms with E-state index < -0.39 is 6.16 Å². The first-order chi connectivity index (χ1) is 2.27. The normalized spacial score (nSPS) is 5.50. The van der Waals surface area contributed by atoms with Crippen molar-refractivity contribution >= 4 is 6.16 Å². The first-order valence-corrected chi connectivity index (χ1v) is 0.868. The van der Waals surface area contributed by atoms with Gasteiger partial charge < -0.3 is 9.94 Å². The number of carboxylic acid groups (broad SMARTS) is 1. The van der Waals surface area contributed by atoms with Crippen LogP contribution in [0.25, 0.3) is 0 Å². The van der Waals surface area contributed by atoms with Gasteiger partial charge in [0, 0.05) is 26.2 Å². The van der Waals surface area contributed by atoms with Gasteiger partial charge in [0.2, 0.25) is 0 Å². The van der Waals surface area contributed by atoms with Gasteiger partial charge in [0.15, 0.2) is 0 Å². The Balaban J connectivity index is 0. The van der Waals surface area contributed by atoms with Crippen LogP contribution in [0.15, 0.2) is 0 Å². The van der Waals surface area contributed by atoms with Crippen molar-refractivity contribution in [1.82, 2.24) is 0 Å². The van der Waals surface area contributed by atoms with Gasteiger partial charge in [-0.1, -0.05) is 0 Å². The molecular formula is CH3NO3Zr. The maximum Gasteiger partial charge on any atom is 0.524 e. The van der Waals surface area contributed by atoms with E-state index in [0.29, 0.717) is 0 Å². The first kappa shape index (κ1) is 9.45. The summed E-state index contributed by atoms with van der Waals surface area (Å²) >= 11 is 0. The van der Waals surface area contributed by atoms with Crippen molar-refractivity contribution in [2.24, 2.45) is 5.90 Å². The van der Waals surface area contributed by atoms with E-state index >= 15 is 0 Å². The molecule has 0 rings (SSSR count). The van der Waals surface area contributed by atoms with Crippen LogP contribution < -0.4 is 5.90 Å². The predicted molar refractivity (Wildman–Crippen MR) is 13.3 cm³/mol. The molecule has 0 aliphatic carbocycles. The zero-order valence-corrected chi connectivity index (χ0v) is 5.30. The van der Waals surface area contributed by atoms with E-state index in [1.165, 1.54) is 0 Å². The van der Waals surface area contributed by atoms with Crippen molar-refractivity contribution in [1.29, 1.82) is 0 Å². The summed E-state index contributed by atoms with van der Waals surface area (Å²) in [5, 5.41) is 7.38. The van der Waals surface area contributed by atoms with E-state index in [4.69, 9.17) is 9.90 Å². The molecule has 0 aromatic carbocycles. The van der Waals surface area contributed by atoms with Crippen LogP contribution >= 0.6 is 0 Å². The molecule has 0 fully saturated rings. The fourth-order valence-corrected chi connectivity index (χ4v) is 0. The molecule has 0 aromatic heterocycles. The molecule has 3 N–H and O–H groups in total. The van der Waals surface area contributed by atoms with E-state index in [1.54, 1.807) is 0 Å². The van der Waals surface area contributed by atoms with Gasteiger partial charge in [-0.15, -0.1) is 0 Å². The molecule has 5 heteroatoms. The monoisotopic (exact) mass is 167 g/mol. The van der Waals surface area contributed by atoms with Gasteiger partial charge in [-0.05, 0) is 0 Å². The minimum Gasteiger partial charge on any atom is -0.448 e. The molecule has 6 heavy (non-hydrogen) atoms. The summed E-state index contributed by atoms with van der Waals surface area (Å²) in [5.74, 6) is 4.07. The van der Waals surface area contributed by atoms with Crippen molar-refractivity contribution in [2.75, 3.05) is 0 Å². The molecule has 0 unspecified atom stereocenters. The Morgan fingerprint density at radius 1 is 1.83 bits per heavy atom. The van der Waals surface area contributed by atoms with Crippen molar-refractivity contribution < 1.29 is 40.9 Å². The van der Waals surface area contributed by atoms with Crippen LogP contribution in [-0.4, -0.2) is 11.3 Å². The summed E-state index contributed by atoms with van der Waals surface area (Å²) in [6.45, 7) is 0. The number of rotatable bonds is 0. The Labute approximate surface area is 53.4 Å². The molecular weight excluding hydrogens is 165 g/mol. The third-order valence-electron chi connectivity index (χ3n) is 0.101. The molecule has 0 atom stereocenters. The average Bonchev–Trinajstić information content (AvgIpc) is 1.38. The molecule has 0 bridgehead atoms. The largest absolute Gasteiger partial charge is 0.524 e. The number of nitrogens with two attached hydrogens (primary N) is 1. The van der Waals surface area contributed by atoms with Crippen LogP contribution in [0.1, 0.15) is 0 Å². The molecule has 0 heterocycles. The molecule has 0 saturated heterocycles. The summed E-state index contributed by atoms with van der Waals surface area (Å²) in [7, 11) is 0. The quantitative estimate of drug-likeness (QED) is 0.481. The van der Waals surface area contributed by atoms with Crippen LogP contribution in [0.2, 0.25) is 0 Å². The molecule has 0 spiro atoms. The summed E-state index contributed by atoms with van der Waals surface area (Å²) in [5.41, 5.74) is 0. The van der Waals surface area contributed by atoms with Crippen LogP contribution in [0.5, 0.6) is 0 Å². The molecule has 0 amide bonds. The maximum atomic E-state index is 9.02. The predicted octanol–water partition coefficient (Wildman–Crippen LogP) is -0.448. The van der Waals surface area contributed by atoms with E-state index in [1.807, 2.05) is 0 Å². The van der Waals surface area contributed by atoms with Crippen molar-refractivity contribution in [3.8, 4) is 0 Å². The van der Waals surface area contributed by atoms with Crippen molar-refractivity contribution in [3.05, 3.63) is 0 Å². The standard InChI is InChI=1S/CH3NO3.Zr/c2-5-1(3)4;/h2H2,(H,3,4);. The Morgan fingerprint density at radius 2 is 2.00 bits per heavy atom. The fourth-order valence-electron chi connectivity index (χ4n) is 0. The summed E-state index contributed by atoms with van der Waals surface area (Å²) in [4.78, 5) is 12.2. The van der Waals surface area contributed by atoms with Gasteiger partial charge >= 0.3 is 6.16 Å². The molecule has 0 aliphatic rings. The molecule has 0 saturated carbocycles. The van der Waals surface area contributed by atoms with Gasteiger partial charge in [-0.3, -0.25) is 0 Å². The minimum absolute atomic E-state index is 0. The average molecular weight is 168 g/mol. The topological polar surface area (TPSA) is 72.5 Å². The Hall–Kier alpha value is 0.113. The van der Waals surface area contributed by atoms with Crippen molar-refractivity contribution in [3.63, 3.8) is 0 Å². The van der Waals surface area contributed by atoms with Crippen LogP contribution in [-0.2, 0) is 31.0 Å². The van der Waals surface area contributed by atoms with Gasteiger partial charge in [0.05, 0.1) is 0 Å². The van der Waals surface area contributed by atoms with Crippen LogP contribution in [0.4, 0.5) is 4.79 Å². The van der Waals surface area contributed by atoms with Crippen LogP contribution in [0, 0.1) is 0 Å². The Bertz CT molecular complexity index is 46.1. The summed E-state index contributed by atoms with van der Waals surface area (Å²) in [6, 6.07) is 0. The van der Waals surface area contributed by atoms with Gasteiger partial charge in [-0.25, -0.2) is 4.79 Å². The van der Waals surface area contributed by atoms with Gasteiger partial charge in [0.1, 0.15) is 0 Å². The molecule has 0 aromatic rings. The zero-order chi connectivity index (χ0) is 4.28. The molecule has 34 valence electrons. The fraction of sp³-hybridized carbons (Fsp3) is 0. The number of hydrogen-bond donors (Lipinski definition) is 2. The van der Waals surface area contributed by atoms with Crippen molar-refractivity contribution in [2.45, 2.75) is 0 Å². The van der Waals surface area contributed by atoms with E-state index in [0.717, 1.165) is 0 Å². The smallest absolute Gasteiger partial charge is 0.448 e. The number of hydrogen-bond acceptors (Lipinski definition) is 3. The second-order valence-corrected chi connectivity index (χ2v) is 0.384. The number of carbonyl (C=O) groups is 1. The zero-order valence-electron chi connectivity index (χ0n) is 2.84. The van der Waals surface area contributed by atoms with Gasteiger partial charge in [-0.2, -0.15) is 5.90 Å². The molecule has 4 nitrogen and oxygen atoms in total.